The first-order chi connectivity index (χ1) is 28.1. The van der Waals surface area contributed by atoms with Crippen LogP contribution in [0.1, 0.15) is 130 Å². The molecule has 7 aromatic rings. The SMILES string of the molecule is CCCCC(CC)COc1cc(/C=C/c2ccc3c(c2)C2c4cccc5cccc(c45)C32)c(OC)cc1/C=C\c1ccc2c(c1)C1c3cccc4cccc(c34)C21. The lowest BCUT2D eigenvalue weighted by molar-refractivity contribution is 0.232. The fourth-order valence-electron chi connectivity index (χ4n) is 10.9. The van der Waals surface area contributed by atoms with Gasteiger partial charge in [-0.2, -0.15) is 0 Å². The lowest BCUT2D eigenvalue weighted by atomic mass is 9.66. The maximum absolute atomic E-state index is 6.76. The predicted octanol–water partition coefficient (Wildman–Crippen LogP) is 14.1. The van der Waals surface area contributed by atoms with Crippen LogP contribution in [0.25, 0.3) is 45.8 Å². The molecule has 4 aliphatic rings. The van der Waals surface area contributed by atoms with E-state index in [-0.39, 0.29) is 0 Å². The van der Waals surface area contributed by atoms with Crippen LogP contribution in [-0.4, -0.2) is 13.7 Å². The van der Waals surface area contributed by atoms with E-state index in [0.717, 1.165) is 29.0 Å². The summed E-state index contributed by atoms with van der Waals surface area (Å²) in [5.41, 5.74) is 16.3. The Morgan fingerprint density at radius 3 is 1.46 bits per heavy atom. The molecule has 280 valence electrons. The van der Waals surface area contributed by atoms with E-state index in [4.69, 9.17) is 9.47 Å². The number of hydrogen-bond acceptors (Lipinski definition) is 2. The van der Waals surface area contributed by atoms with Gasteiger partial charge in [0.05, 0.1) is 13.7 Å². The van der Waals surface area contributed by atoms with Gasteiger partial charge in [-0.1, -0.05) is 167 Å². The predicted molar refractivity (Wildman–Crippen MR) is 238 cm³/mol. The second-order valence-corrected chi connectivity index (χ2v) is 16.8. The van der Waals surface area contributed by atoms with Gasteiger partial charge in [0, 0.05) is 34.8 Å². The van der Waals surface area contributed by atoms with Crippen LogP contribution < -0.4 is 9.47 Å². The van der Waals surface area contributed by atoms with Crippen molar-refractivity contribution in [1.82, 2.24) is 0 Å². The Hall–Kier alpha value is -5.86. The monoisotopic (exact) mass is 740 g/mol. The molecule has 0 bridgehead atoms. The molecule has 7 aromatic carbocycles. The van der Waals surface area contributed by atoms with Crippen molar-refractivity contribution >= 4 is 45.8 Å². The van der Waals surface area contributed by atoms with Crippen molar-refractivity contribution in [2.75, 3.05) is 13.7 Å². The summed E-state index contributed by atoms with van der Waals surface area (Å²) in [5.74, 6) is 4.11. The molecule has 2 nitrogen and oxygen atoms in total. The van der Waals surface area contributed by atoms with Gasteiger partial charge in [0.2, 0.25) is 0 Å². The van der Waals surface area contributed by atoms with Crippen molar-refractivity contribution in [3.8, 4) is 11.5 Å². The molecule has 5 atom stereocenters. The molecule has 0 N–H and O–H groups in total. The van der Waals surface area contributed by atoms with Gasteiger partial charge in [0.25, 0.3) is 0 Å². The Labute approximate surface area is 336 Å². The second kappa shape index (κ2) is 13.7. The standard InChI is InChI=1S/C55H48O2/c1-4-6-11-33(5-2)32-57-49-31-38(24-20-34-22-26-40-46(28-34)54-44-18-9-14-36-12-7-16-42(50(36)44)52(40)54)48(56-3)30-39(49)25-21-35-23-27-41-47(29-35)55-45-19-10-15-37-13-8-17-43(51(37)45)53(41)55/h7-10,12-31,33,52-55H,4-6,11,32H2,1-3H3/b24-20+,25-21-. The highest BCUT2D eigenvalue weighted by Crippen LogP contribution is 2.62. The Morgan fingerprint density at radius 2 is 0.982 bits per heavy atom. The van der Waals surface area contributed by atoms with Crippen molar-refractivity contribution in [2.24, 2.45) is 5.92 Å². The molecule has 4 aliphatic carbocycles. The number of ether oxygens (including phenoxy) is 2. The quantitative estimate of drug-likeness (QED) is 0.116. The van der Waals surface area contributed by atoms with Gasteiger partial charge in [-0.15, -0.1) is 0 Å². The van der Waals surface area contributed by atoms with E-state index in [2.05, 4.69) is 159 Å². The van der Waals surface area contributed by atoms with Crippen LogP contribution in [0.2, 0.25) is 0 Å². The van der Waals surface area contributed by atoms with Crippen LogP contribution in [0.15, 0.2) is 121 Å². The molecular formula is C55H48O2. The van der Waals surface area contributed by atoms with Crippen molar-refractivity contribution in [2.45, 2.75) is 63.2 Å². The summed E-state index contributed by atoms with van der Waals surface area (Å²) in [4.78, 5) is 0. The first-order valence-electron chi connectivity index (χ1n) is 21.1. The summed E-state index contributed by atoms with van der Waals surface area (Å²) in [5, 5.41) is 5.63. The minimum absolute atomic E-state index is 0.445. The van der Waals surface area contributed by atoms with Crippen LogP contribution in [0, 0.1) is 5.92 Å². The molecule has 57 heavy (non-hydrogen) atoms. The van der Waals surface area contributed by atoms with Crippen molar-refractivity contribution in [1.29, 1.82) is 0 Å². The Balaban J connectivity index is 0.900. The highest BCUT2D eigenvalue weighted by molar-refractivity contribution is 5.97. The molecule has 0 amide bonds. The molecule has 0 saturated heterocycles. The summed E-state index contributed by atoms with van der Waals surface area (Å²) in [6, 6.07) is 45.6. The maximum Gasteiger partial charge on any atom is 0.127 e. The zero-order valence-electron chi connectivity index (χ0n) is 33.1. The van der Waals surface area contributed by atoms with Gasteiger partial charge in [-0.25, -0.2) is 0 Å². The third-order valence-electron chi connectivity index (χ3n) is 13.8. The third-order valence-corrected chi connectivity index (χ3v) is 13.8. The number of hydrogen-bond donors (Lipinski definition) is 0. The normalized spacial score (nSPS) is 19.6. The molecule has 0 saturated carbocycles. The first kappa shape index (κ1) is 34.4. The van der Waals surface area contributed by atoms with Crippen LogP contribution in [-0.2, 0) is 0 Å². The number of benzene rings is 7. The summed E-state index contributed by atoms with van der Waals surface area (Å²) >= 11 is 0. The summed E-state index contributed by atoms with van der Waals surface area (Å²) in [7, 11) is 1.77. The fourth-order valence-corrected chi connectivity index (χ4v) is 10.9. The lowest BCUT2D eigenvalue weighted by Gasteiger charge is -2.36. The highest BCUT2D eigenvalue weighted by atomic mass is 16.5. The molecule has 5 unspecified atom stereocenters. The molecule has 0 spiro atoms. The van der Waals surface area contributed by atoms with Gasteiger partial charge in [-0.05, 0) is 102 Å². The average molecular weight is 741 g/mol. The van der Waals surface area contributed by atoms with Gasteiger partial charge in [0.15, 0.2) is 0 Å². The van der Waals surface area contributed by atoms with Crippen molar-refractivity contribution in [3.63, 3.8) is 0 Å². The first-order valence-corrected chi connectivity index (χ1v) is 21.1. The van der Waals surface area contributed by atoms with E-state index in [1.54, 1.807) is 7.11 Å². The largest absolute Gasteiger partial charge is 0.496 e. The zero-order valence-corrected chi connectivity index (χ0v) is 33.1. The number of unbranched alkanes of at least 4 members (excludes halogenated alkanes) is 1. The fraction of sp³-hybridized carbons (Fsp3) is 0.236. The molecule has 0 fully saturated rings. The van der Waals surface area contributed by atoms with Crippen LogP contribution in [0.3, 0.4) is 0 Å². The molecule has 0 aliphatic heterocycles. The minimum atomic E-state index is 0.445. The molecule has 2 heteroatoms. The van der Waals surface area contributed by atoms with Crippen molar-refractivity contribution in [3.05, 3.63) is 188 Å². The van der Waals surface area contributed by atoms with E-state index >= 15 is 0 Å². The number of methoxy groups -OCH3 is 1. The minimum Gasteiger partial charge on any atom is -0.496 e. The molecule has 11 rings (SSSR count). The molecule has 0 heterocycles. The van der Waals surface area contributed by atoms with E-state index in [1.807, 2.05) is 0 Å². The molecule has 0 aromatic heterocycles. The lowest BCUT2D eigenvalue weighted by Crippen LogP contribution is -2.22. The zero-order chi connectivity index (χ0) is 38.2. The van der Waals surface area contributed by atoms with Crippen LogP contribution in [0.4, 0.5) is 0 Å². The Bertz CT molecular complexity index is 2790. The van der Waals surface area contributed by atoms with Crippen LogP contribution >= 0.6 is 0 Å². The molecular weight excluding hydrogens is 693 g/mol. The van der Waals surface area contributed by atoms with E-state index in [0.29, 0.717) is 36.2 Å². The van der Waals surface area contributed by atoms with Gasteiger partial charge in [0.1, 0.15) is 11.5 Å². The van der Waals surface area contributed by atoms with E-state index in [1.165, 1.54) is 96.4 Å². The second-order valence-electron chi connectivity index (χ2n) is 16.8. The summed E-state index contributed by atoms with van der Waals surface area (Å²) < 4.78 is 12.8. The van der Waals surface area contributed by atoms with E-state index in [9.17, 15) is 0 Å². The number of fused-ring (bicyclic) bond motifs is 12. The highest BCUT2D eigenvalue weighted by Gasteiger charge is 2.46. The van der Waals surface area contributed by atoms with E-state index < -0.39 is 0 Å². The molecule has 0 radical (unpaired) electrons. The van der Waals surface area contributed by atoms with Crippen LogP contribution in [0.5, 0.6) is 11.5 Å². The van der Waals surface area contributed by atoms with Gasteiger partial charge in [-0.3, -0.25) is 0 Å². The smallest absolute Gasteiger partial charge is 0.127 e. The van der Waals surface area contributed by atoms with Gasteiger partial charge >= 0.3 is 0 Å². The number of rotatable bonds is 12. The summed E-state index contributed by atoms with van der Waals surface area (Å²) in [6.45, 7) is 5.27. The Kier molecular flexibility index (Phi) is 8.24. The average Bonchev–Trinajstić information content (AvgIpc) is 3.69. The van der Waals surface area contributed by atoms with Crippen molar-refractivity contribution < 1.29 is 9.47 Å². The maximum atomic E-state index is 6.76. The topological polar surface area (TPSA) is 18.5 Å². The summed E-state index contributed by atoms with van der Waals surface area (Å²) in [6.07, 6.45) is 13.6. The Morgan fingerprint density at radius 1 is 0.509 bits per heavy atom. The third kappa shape index (κ3) is 5.37. The van der Waals surface area contributed by atoms with Gasteiger partial charge < -0.3 is 9.47 Å².